The predicted octanol–water partition coefficient (Wildman–Crippen LogP) is 1.97. The minimum absolute atomic E-state index is 0.121. The fourth-order valence-corrected chi connectivity index (χ4v) is 2.57. The lowest BCUT2D eigenvalue weighted by Crippen LogP contribution is -2.42. The molecular weight excluding hydrogens is 230 g/mol. The van der Waals surface area contributed by atoms with Crippen molar-refractivity contribution in [3.8, 4) is 0 Å². The van der Waals surface area contributed by atoms with E-state index in [1.165, 1.54) is 0 Å². The molecule has 1 aliphatic carbocycles. The fraction of sp³-hybridized carbons (Fsp3) is 0.500. The van der Waals surface area contributed by atoms with Gasteiger partial charge in [-0.3, -0.25) is 10.1 Å². The van der Waals surface area contributed by atoms with Gasteiger partial charge in [-0.2, -0.15) is 0 Å². The van der Waals surface area contributed by atoms with Crippen molar-refractivity contribution in [1.29, 1.82) is 0 Å². The van der Waals surface area contributed by atoms with Crippen LogP contribution in [0.2, 0.25) is 0 Å². The van der Waals surface area contributed by atoms with Gasteiger partial charge in [0, 0.05) is 13.2 Å². The van der Waals surface area contributed by atoms with Crippen LogP contribution in [-0.4, -0.2) is 30.3 Å². The Labute approximate surface area is 107 Å². The molecule has 1 aromatic carbocycles. The molecule has 4 nitrogen and oxygen atoms in total. The Morgan fingerprint density at radius 2 is 2.11 bits per heavy atom. The molecule has 3 atom stereocenters. The number of hydrogen-bond acceptors (Lipinski definition) is 3. The molecule has 0 bridgehead atoms. The maximum absolute atomic E-state index is 11.4. The summed E-state index contributed by atoms with van der Waals surface area (Å²) in [5.41, 5.74) is 0.784. The largest absolute Gasteiger partial charge is 0.480 e. The lowest BCUT2D eigenvalue weighted by molar-refractivity contribution is -0.140. The molecule has 1 saturated carbocycles. The van der Waals surface area contributed by atoms with Crippen LogP contribution < -0.4 is 5.32 Å². The molecule has 1 fully saturated rings. The van der Waals surface area contributed by atoms with Crippen LogP contribution in [0.15, 0.2) is 30.3 Å². The molecule has 0 saturated heterocycles. The zero-order valence-electron chi connectivity index (χ0n) is 10.5. The summed E-state index contributed by atoms with van der Waals surface area (Å²) in [6.45, 7) is 0. The molecule has 0 amide bonds. The van der Waals surface area contributed by atoms with Gasteiger partial charge in [0.05, 0.1) is 6.10 Å². The Morgan fingerprint density at radius 1 is 1.39 bits per heavy atom. The third-order valence-electron chi connectivity index (χ3n) is 3.52. The third kappa shape index (κ3) is 2.89. The molecule has 0 heterocycles. The van der Waals surface area contributed by atoms with Gasteiger partial charge in [-0.25, -0.2) is 0 Å². The van der Waals surface area contributed by atoms with Crippen molar-refractivity contribution in [2.24, 2.45) is 0 Å². The number of rotatable bonds is 5. The molecule has 18 heavy (non-hydrogen) atoms. The summed E-state index contributed by atoms with van der Waals surface area (Å²) in [5.74, 6) is -0.844. The van der Waals surface area contributed by atoms with Crippen molar-refractivity contribution < 1.29 is 14.6 Å². The van der Waals surface area contributed by atoms with Crippen LogP contribution >= 0.6 is 0 Å². The summed E-state index contributed by atoms with van der Waals surface area (Å²) in [6.07, 6.45) is 3.16. The van der Waals surface area contributed by atoms with Gasteiger partial charge in [-0.1, -0.05) is 30.3 Å². The molecule has 0 radical (unpaired) electrons. The molecule has 1 aliphatic rings. The minimum Gasteiger partial charge on any atom is -0.480 e. The van der Waals surface area contributed by atoms with Gasteiger partial charge in [-0.05, 0) is 24.8 Å². The van der Waals surface area contributed by atoms with Crippen LogP contribution in [0, 0.1) is 0 Å². The number of ether oxygens (including phenoxy) is 1. The first-order chi connectivity index (χ1) is 8.72. The number of carboxylic acid groups (broad SMARTS) is 1. The Balaban J connectivity index is 2.10. The van der Waals surface area contributed by atoms with Crippen molar-refractivity contribution in [2.75, 3.05) is 7.11 Å². The number of nitrogens with one attached hydrogen (secondary N) is 1. The quantitative estimate of drug-likeness (QED) is 0.837. The average molecular weight is 249 g/mol. The van der Waals surface area contributed by atoms with E-state index in [0.29, 0.717) is 0 Å². The predicted molar refractivity (Wildman–Crippen MR) is 68.4 cm³/mol. The van der Waals surface area contributed by atoms with Crippen molar-refractivity contribution in [1.82, 2.24) is 5.32 Å². The maximum Gasteiger partial charge on any atom is 0.325 e. The maximum atomic E-state index is 11.4. The van der Waals surface area contributed by atoms with E-state index in [1.807, 2.05) is 30.3 Å². The summed E-state index contributed by atoms with van der Waals surface area (Å²) >= 11 is 0. The Hall–Kier alpha value is -1.39. The van der Waals surface area contributed by atoms with Crippen molar-refractivity contribution >= 4 is 5.97 Å². The molecule has 4 heteroatoms. The molecule has 0 aromatic heterocycles. The SMILES string of the molecule is COC1CCCC1NC(C(=O)O)c1ccccc1. The Bertz CT molecular complexity index is 393. The highest BCUT2D eigenvalue weighted by molar-refractivity contribution is 5.75. The van der Waals surface area contributed by atoms with Gasteiger partial charge in [0.1, 0.15) is 6.04 Å². The van der Waals surface area contributed by atoms with E-state index in [2.05, 4.69) is 5.32 Å². The van der Waals surface area contributed by atoms with Crippen molar-refractivity contribution in [2.45, 2.75) is 37.5 Å². The normalized spacial score (nSPS) is 24.9. The monoisotopic (exact) mass is 249 g/mol. The number of methoxy groups -OCH3 is 1. The van der Waals surface area contributed by atoms with Gasteiger partial charge in [0.15, 0.2) is 0 Å². The summed E-state index contributed by atoms with van der Waals surface area (Å²) in [5, 5.41) is 12.6. The first-order valence-electron chi connectivity index (χ1n) is 6.29. The number of carboxylic acids is 1. The van der Waals surface area contributed by atoms with Gasteiger partial charge < -0.3 is 9.84 Å². The molecule has 2 rings (SSSR count). The van der Waals surface area contributed by atoms with E-state index >= 15 is 0 Å². The summed E-state index contributed by atoms with van der Waals surface area (Å²) in [4.78, 5) is 11.4. The fourth-order valence-electron chi connectivity index (χ4n) is 2.57. The number of carbonyl (C=O) groups is 1. The van der Waals surface area contributed by atoms with Crippen molar-refractivity contribution in [3.63, 3.8) is 0 Å². The lowest BCUT2D eigenvalue weighted by Gasteiger charge is -2.24. The molecule has 0 aliphatic heterocycles. The molecule has 2 N–H and O–H groups in total. The number of benzene rings is 1. The standard InChI is InChI=1S/C14H19NO3/c1-18-12-9-5-8-11(12)15-13(14(16)17)10-6-3-2-4-7-10/h2-4,6-7,11-13,15H,5,8-9H2,1H3,(H,16,17). The van der Waals surface area contributed by atoms with Gasteiger partial charge >= 0.3 is 5.97 Å². The summed E-state index contributed by atoms with van der Waals surface area (Å²) < 4.78 is 5.38. The highest BCUT2D eigenvalue weighted by atomic mass is 16.5. The van der Waals surface area contributed by atoms with Crippen LogP contribution in [0.1, 0.15) is 30.9 Å². The van der Waals surface area contributed by atoms with Gasteiger partial charge in [-0.15, -0.1) is 0 Å². The van der Waals surface area contributed by atoms with Crippen LogP contribution in [-0.2, 0) is 9.53 Å². The minimum atomic E-state index is -0.844. The second-order valence-electron chi connectivity index (χ2n) is 4.66. The Morgan fingerprint density at radius 3 is 2.72 bits per heavy atom. The lowest BCUT2D eigenvalue weighted by atomic mass is 10.1. The van der Waals surface area contributed by atoms with Gasteiger partial charge in [0.25, 0.3) is 0 Å². The van der Waals surface area contributed by atoms with E-state index in [0.717, 1.165) is 24.8 Å². The van der Waals surface area contributed by atoms with E-state index in [9.17, 15) is 9.90 Å². The number of hydrogen-bond donors (Lipinski definition) is 2. The van der Waals surface area contributed by atoms with E-state index in [-0.39, 0.29) is 12.1 Å². The molecule has 0 spiro atoms. The van der Waals surface area contributed by atoms with Gasteiger partial charge in [0.2, 0.25) is 0 Å². The highest BCUT2D eigenvalue weighted by Crippen LogP contribution is 2.24. The summed E-state index contributed by atoms with van der Waals surface area (Å²) in [7, 11) is 1.68. The third-order valence-corrected chi connectivity index (χ3v) is 3.52. The summed E-state index contributed by atoms with van der Waals surface area (Å²) in [6, 6.07) is 8.73. The zero-order chi connectivity index (χ0) is 13.0. The van der Waals surface area contributed by atoms with E-state index in [4.69, 9.17) is 4.74 Å². The second-order valence-corrected chi connectivity index (χ2v) is 4.66. The first-order valence-corrected chi connectivity index (χ1v) is 6.29. The first kappa shape index (κ1) is 13.1. The molecule has 98 valence electrons. The van der Waals surface area contributed by atoms with Crippen LogP contribution in [0.3, 0.4) is 0 Å². The van der Waals surface area contributed by atoms with Crippen LogP contribution in [0.5, 0.6) is 0 Å². The van der Waals surface area contributed by atoms with Crippen LogP contribution in [0.4, 0.5) is 0 Å². The molecule has 3 unspecified atom stereocenters. The molecular formula is C14H19NO3. The smallest absolute Gasteiger partial charge is 0.325 e. The van der Waals surface area contributed by atoms with Crippen molar-refractivity contribution in [3.05, 3.63) is 35.9 Å². The van der Waals surface area contributed by atoms with E-state index in [1.54, 1.807) is 7.11 Å². The zero-order valence-corrected chi connectivity index (χ0v) is 10.5. The number of aliphatic carboxylic acids is 1. The second kappa shape index (κ2) is 5.98. The Kier molecular flexibility index (Phi) is 4.33. The topological polar surface area (TPSA) is 58.6 Å². The average Bonchev–Trinajstić information content (AvgIpc) is 2.83. The van der Waals surface area contributed by atoms with E-state index < -0.39 is 12.0 Å². The highest BCUT2D eigenvalue weighted by Gasteiger charge is 2.31. The molecule has 1 aromatic rings. The van der Waals surface area contributed by atoms with Crippen LogP contribution in [0.25, 0.3) is 0 Å².